The molecule has 2 aromatic heterocycles. The molecule has 176 valence electrons. The Morgan fingerprint density at radius 3 is 2.53 bits per heavy atom. The van der Waals surface area contributed by atoms with Crippen LogP contribution < -0.4 is 10.8 Å². The normalized spacial score (nSPS) is 11.0. The highest BCUT2D eigenvalue weighted by Gasteiger charge is 2.20. The lowest BCUT2D eigenvalue weighted by molar-refractivity contribution is 0.0676. The molecule has 0 aliphatic rings. The molecule has 0 atom stereocenters. The monoisotopic (exact) mass is 461 g/mol. The molecular formula is C26H27N3O5. The number of methoxy groups -OCH3 is 1. The molecule has 0 fully saturated rings. The predicted octanol–water partition coefficient (Wildman–Crippen LogP) is 4.89. The molecule has 0 aliphatic heterocycles. The van der Waals surface area contributed by atoms with Crippen LogP contribution in [0.3, 0.4) is 0 Å². The van der Waals surface area contributed by atoms with Crippen molar-refractivity contribution in [3.63, 3.8) is 0 Å². The summed E-state index contributed by atoms with van der Waals surface area (Å²) in [7, 11) is 1.65. The Bertz CT molecular complexity index is 1170. The first-order valence-corrected chi connectivity index (χ1v) is 10.4. The smallest absolute Gasteiger partial charge is 0.310 e. The van der Waals surface area contributed by atoms with Gasteiger partial charge >= 0.3 is 5.91 Å². The molecule has 0 spiro atoms. The molecule has 8 nitrogen and oxygen atoms in total. The van der Waals surface area contributed by atoms with Gasteiger partial charge in [0.2, 0.25) is 5.88 Å². The number of H-pyrrole nitrogens is 1. The topological polar surface area (TPSA) is 117 Å². The van der Waals surface area contributed by atoms with Gasteiger partial charge in [-0.2, -0.15) is 0 Å². The number of benzene rings is 1. The SMILES string of the molecule is C#C.C/C=C(\C=C/CCOC)c1cc(-c2ccccc2)[nH]c1C(=O)Nc1ccc(C(=O)NO)o1. The van der Waals surface area contributed by atoms with Gasteiger partial charge in [0.05, 0.1) is 0 Å². The summed E-state index contributed by atoms with van der Waals surface area (Å²) in [5, 5.41) is 11.4. The predicted molar refractivity (Wildman–Crippen MR) is 131 cm³/mol. The van der Waals surface area contributed by atoms with Crippen molar-refractivity contribution in [2.45, 2.75) is 13.3 Å². The number of hydrogen-bond donors (Lipinski definition) is 4. The molecule has 2 amide bonds. The molecule has 0 bridgehead atoms. The summed E-state index contributed by atoms with van der Waals surface area (Å²) in [5.41, 5.74) is 5.14. The third-order valence-electron chi connectivity index (χ3n) is 4.71. The number of furan rings is 1. The minimum atomic E-state index is -0.810. The van der Waals surface area contributed by atoms with Gasteiger partial charge < -0.3 is 14.1 Å². The Hall–Kier alpha value is -4.32. The maximum atomic E-state index is 13.1. The van der Waals surface area contributed by atoms with Crippen LogP contribution in [0.25, 0.3) is 16.8 Å². The number of rotatable bonds is 9. The van der Waals surface area contributed by atoms with Crippen molar-refractivity contribution in [2.75, 3.05) is 19.0 Å². The number of aromatic amines is 1. The van der Waals surface area contributed by atoms with Crippen molar-refractivity contribution < 1.29 is 24.0 Å². The Morgan fingerprint density at radius 2 is 1.88 bits per heavy atom. The maximum absolute atomic E-state index is 13.1. The summed E-state index contributed by atoms with van der Waals surface area (Å²) in [6.45, 7) is 2.50. The highest BCUT2D eigenvalue weighted by atomic mass is 16.5. The molecule has 3 aromatic rings. The minimum absolute atomic E-state index is 0.0769. The van der Waals surface area contributed by atoms with E-state index < -0.39 is 11.8 Å². The number of amides is 2. The number of allylic oxidation sites excluding steroid dienone is 3. The Morgan fingerprint density at radius 1 is 1.15 bits per heavy atom. The molecule has 0 aliphatic carbocycles. The van der Waals surface area contributed by atoms with E-state index in [2.05, 4.69) is 23.1 Å². The third kappa shape index (κ3) is 6.59. The number of hydrogen-bond acceptors (Lipinski definition) is 5. The van der Waals surface area contributed by atoms with E-state index in [-0.39, 0.29) is 11.6 Å². The number of carbonyl (C=O) groups is 2. The summed E-state index contributed by atoms with van der Waals surface area (Å²) < 4.78 is 10.4. The largest absolute Gasteiger partial charge is 0.435 e. The molecule has 4 N–H and O–H groups in total. The number of anilines is 1. The Kier molecular flexibility index (Phi) is 10.1. The second kappa shape index (κ2) is 13.3. The van der Waals surface area contributed by atoms with Gasteiger partial charge in [0.15, 0.2) is 5.76 Å². The van der Waals surface area contributed by atoms with Gasteiger partial charge in [-0.05, 0) is 36.6 Å². The van der Waals surface area contributed by atoms with Crippen LogP contribution in [0, 0.1) is 12.8 Å². The standard InChI is InChI=1S/C24H25N3O5.C2H2/c1-3-16(9-7-8-14-31-2)18-15-19(17-10-5-4-6-11-17)25-22(18)24(29)26-21-13-12-20(32-21)23(28)27-30;1-2/h3-7,9-13,15,25,30H,8,14H2,1-2H3,(H,26,29)(H,27,28);1-2H/b9-7-,16-3+;. The van der Waals surface area contributed by atoms with E-state index in [4.69, 9.17) is 14.4 Å². The molecule has 0 radical (unpaired) electrons. The third-order valence-corrected chi connectivity index (χ3v) is 4.71. The lowest BCUT2D eigenvalue weighted by Crippen LogP contribution is -2.17. The number of carbonyl (C=O) groups excluding carboxylic acids is 2. The van der Waals surface area contributed by atoms with Gasteiger partial charge in [0.25, 0.3) is 5.91 Å². The van der Waals surface area contributed by atoms with Crippen LogP contribution in [0.1, 0.15) is 40.0 Å². The molecule has 8 heteroatoms. The Balaban J connectivity index is 0.00000199. The summed E-state index contributed by atoms with van der Waals surface area (Å²) in [6.07, 6.45) is 14.6. The number of terminal acetylenes is 1. The molecule has 34 heavy (non-hydrogen) atoms. The van der Waals surface area contributed by atoms with Crippen LogP contribution in [0.2, 0.25) is 0 Å². The maximum Gasteiger partial charge on any atom is 0.310 e. The average molecular weight is 462 g/mol. The zero-order chi connectivity index (χ0) is 24.9. The van der Waals surface area contributed by atoms with Crippen LogP contribution in [0.15, 0.2) is 71.2 Å². The van der Waals surface area contributed by atoms with Crippen molar-refractivity contribution in [1.29, 1.82) is 0 Å². The van der Waals surface area contributed by atoms with Crippen molar-refractivity contribution in [1.82, 2.24) is 10.5 Å². The van der Waals surface area contributed by atoms with E-state index >= 15 is 0 Å². The minimum Gasteiger partial charge on any atom is -0.435 e. The zero-order valence-corrected chi connectivity index (χ0v) is 19.0. The molecule has 0 saturated carbocycles. The fraction of sp³-hybridized carbons (Fsp3) is 0.154. The second-order valence-corrected chi connectivity index (χ2v) is 6.82. The fourth-order valence-electron chi connectivity index (χ4n) is 3.13. The molecule has 2 heterocycles. The summed E-state index contributed by atoms with van der Waals surface area (Å²) in [6, 6.07) is 14.4. The van der Waals surface area contributed by atoms with Crippen LogP contribution in [-0.4, -0.2) is 35.7 Å². The molecular weight excluding hydrogens is 434 g/mol. The highest BCUT2D eigenvalue weighted by Crippen LogP contribution is 2.28. The molecule has 0 unspecified atom stereocenters. The van der Waals surface area contributed by atoms with E-state index in [1.807, 2.05) is 61.5 Å². The number of ether oxygens (including phenoxy) is 1. The summed E-state index contributed by atoms with van der Waals surface area (Å²) in [5.74, 6) is -1.30. The van der Waals surface area contributed by atoms with Crippen LogP contribution in [0.4, 0.5) is 5.88 Å². The molecule has 3 rings (SSSR count). The van der Waals surface area contributed by atoms with Gasteiger partial charge in [0.1, 0.15) is 5.69 Å². The van der Waals surface area contributed by atoms with Crippen molar-refractivity contribution in [3.05, 3.63) is 83.8 Å². The Labute approximate surface area is 198 Å². The summed E-state index contributed by atoms with van der Waals surface area (Å²) in [4.78, 5) is 27.8. The lowest BCUT2D eigenvalue weighted by Gasteiger charge is -2.05. The van der Waals surface area contributed by atoms with Crippen LogP contribution >= 0.6 is 0 Å². The second-order valence-electron chi connectivity index (χ2n) is 6.82. The number of aromatic nitrogens is 1. The van der Waals surface area contributed by atoms with Gasteiger partial charge in [-0.15, -0.1) is 12.8 Å². The molecule has 0 saturated heterocycles. The van der Waals surface area contributed by atoms with E-state index in [1.54, 1.807) is 7.11 Å². The van der Waals surface area contributed by atoms with E-state index in [1.165, 1.54) is 17.6 Å². The summed E-state index contributed by atoms with van der Waals surface area (Å²) >= 11 is 0. The average Bonchev–Trinajstić information content (AvgIpc) is 3.53. The number of hydroxylamine groups is 1. The zero-order valence-electron chi connectivity index (χ0n) is 19.0. The first-order valence-electron chi connectivity index (χ1n) is 10.4. The van der Waals surface area contributed by atoms with Crippen molar-refractivity contribution in [2.24, 2.45) is 0 Å². The number of nitrogens with one attached hydrogen (secondary N) is 3. The highest BCUT2D eigenvalue weighted by molar-refractivity contribution is 6.07. The van der Waals surface area contributed by atoms with E-state index in [0.717, 1.165) is 28.8 Å². The fourth-order valence-corrected chi connectivity index (χ4v) is 3.13. The lowest BCUT2D eigenvalue weighted by atomic mass is 10.0. The van der Waals surface area contributed by atoms with Crippen molar-refractivity contribution >= 4 is 23.3 Å². The van der Waals surface area contributed by atoms with E-state index in [0.29, 0.717) is 12.3 Å². The van der Waals surface area contributed by atoms with Crippen molar-refractivity contribution in [3.8, 4) is 24.1 Å². The van der Waals surface area contributed by atoms with Crippen LogP contribution in [-0.2, 0) is 4.74 Å². The molecule has 1 aromatic carbocycles. The van der Waals surface area contributed by atoms with Gasteiger partial charge in [-0.3, -0.25) is 20.1 Å². The van der Waals surface area contributed by atoms with E-state index in [9.17, 15) is 9.59 Å². The first kappa shape index (κ1) is 25.9. The van der Waals surface area contributed by atoms with Gasteiger partial charge in [-0.1, -0.05) is 48.6 Å². The first-order chi connectivity index (χ1) is 16.6. The quantitative estimate of drug-likeness (QED) is 0.119. The van der Waals surface area contributed by atoms with Gasteiger partial charge in [0, 0.05) is 31.0 Å². The van der Waals surface area contributed by atoms with Crippen LogP contribution in [0.5, 0.6) is 0 Å². The van der Waals surface area contributed by atoms with Gasteiger partial charge in [-0.25, -0.2) is 5.48 Å².